The number of morpholine rings is 1. The van der Waals surface area contributed by atoms with Gasteiger partial charge in [-0.3, -0.25) is 4.55 Å². The maximum Gasteiger partial charge on any atom is 0.418 e. The second kappa shape index (κ2) is 8.89. The summed E-state index contributed by atoms with van der Waals surface area (Å²) in [5, 5.41) is 0. The van der Waals surface area contributed by atoms with Crippen LogP contribution in [-0.2, 0) is 26.0 Å². The van der Waals surface area contributed by atoms with Crippen LogP contribution in [0.4, 0.5) is 24.7 Å². The highest BCUT2D eigenvalue weighted by Gasteiger charge is 2.40. The van der Waals surface area contributed by atoms with E-state index in [1.165, 1.54) is 12.1 Å². The molecule has 4 rings (SSSR count). The van der Waals surface area contributed by atoms with Gasteiger partial charge in [0.2, 0.25) is 0 Å². The van der Waals surface area contributed by atoms with E-state index in [0.29, 0.717) is 36.8 Å². The topological polar surface area (TPSA) is 102 Å². The minimum Gasteiger partial charge on any atom is -0.399 e. The molecular weight excluding hydrogens is 481 g/mol. The summed E-state index contributed by atoms with van der Waals surface area (Å²) in [5.74, 6) is 0.175. The molecule has 1 aliphatic heterocycles. The number of nitrogens with zero attached hydrogens (tertiary/aromatic N) is 3. The predicted octanol–water partition coefficient (Wildman–Crippen LogP) is 4.45. The lowest BCUT2D eigenvalue weighted by Gasteiger charge is -2.40. The van der Waals surface area contributed by atoms with Gasteiger partial charge >= 0.3 is 6.18 Å². The first kappa shape index (κ1) is 25.1. The Labute approximate surface area is 201 Å². The molecule has 2 heterocycles. The number of benzene rings is 2. The van der Waals surface area contributed by atoms with Crippen LogP contribution in [0, 0.1) is 0 Å². The number of nitrogens with two attached hydrogens (primary N) is 1. The van der Waals surface area contributed by atoms with Crippen LogP contribution >= 0.6 is 0 Å². The normalized spacial score (nSPS) is 18.2. The third-order valence-electron chi connectivity index (χ3n) is 5.84. The van der Waals surface area contributed by atoms with Gasteiger partial charge in [0.1, 0.15) is 5.82 Å². The van der Waals surface area contributed by atoms with Gasteiger partial charge in [-0.1, -0.05) is 12.1 Å². The van der Waals surface area contributed by atoms with Crippen LogP contribution in [0.3, 0.4) is 0 Å². The number of anilines is 2. The highest BCUT2D eigenvalue weighted by molar-refractivity contribution is 8.13. The molecule has 3 N–H and O–H groups in total. The average Bonchev–Trinajstić information content (AvgIpc) is 2.78. The van der Waals surface area contributed by atoms with Crippen molar-refractivity contribution in [3.05, 3.63) is 65.9 Å². The molecule has 0 bridgehead atoms. The molecular formula is C24H27F3N4O3S. The zero-order chi connectivity index (χ0) is 25.5. The number of rotatable bonds is 5. The van der Waals surface area contributed by atoms with Crippen LogP contribution in [0.25, 0.3) is 11.4 Å². The Morgan fingerprint density at radius 1 is 1.17 bits per heavy atom. The van der Waals surface area contributed by atoms with Crippen LogP contribution in [-0.4, -0.2) is 50.8 Å². The second-order valence-corrected chi connectivity index (χ2v) is 12.6. The molecule has 0 saturated carbocycles. The van der Waals surface area contributed by atoms with Crippen molar-refractivity contribution in [3.8, 4) is 11.4 Å². The Balaban J connectivity index is 1.83. The molecule has 11 heteroatoms. The van der Waals surface area contributed by atoms with Gasteiger partial charge in [-0.25, -0.2) is 14.2 Å². The van der Waals surface area contributed by atoms with E-state index in [9.17, 15) is 21.9 Å². The summed E-state index contributed by atoms with van der Waals surface area (Å²) in [6.07, 6.45) is -3.84. The highest BCUT2D eigenvalue weighted by atomic mass is 32.3. The van der Waals surface area contributed by atoms with Crippen molar-refractivity contribution in [2.24, 2.45) is 0 Å². The molecule has 2 aromatic carbocycles. The highest BCUT2D eigenvalue weighted by Crippen LogP contribution is 2.42. The van der Waals surface area contributed by atoms with Crippen molar-refractivity contribution in [1.29, 1.82) is 0 Å². The summed E-state index contributed by atoms with van der Waals surface area (Å²) in [6, 6.07) is 12.7. The van der Waals surface area contributed by atoms with Crippen molar-refractivity contribution in [2.75, 3.05) is 36.6 Å². The summed E-state index contributed by atoms with van der Waals surface area (Å²) in [7, 11) is -5.01. The van der Waals surface area contributed by atoms with Gasteiger partial charge in [-0.15, -0.1) is 0 Å². The van der Waals surface area contributed by atoms with Crippen molar-refractivity contribution in [2.45, 2.75) is 29.8 Å². The summed E-state index contributed by atoms with van der Waals surface area (Å²) in [6.45, 7) is 3.46. The molecule has 0 aliphatic carbocycles. The molecule has 188 valence electrons. The van der Waals surface area contributed by atoms with Gasteiger partial charge in [0.25, 0.3) is 0 Å². The van der Waals surface area contributed by atoms with Crippen molar-refractivity contribution >= 4 is 20.9 Å². The summed E-state index contributed by atoms with van der Waals surface area (Å²) in [5.41, 5.74) is 5.97. The third kappa shape index (κ3) is 5.47. The Kier molecular flexibility index (Phi) is 6.37. The molecule has 0 unspecified atom stereocenters. The molecule has 35 heavy (non-hydrogen) atoms. The lowest BCUT2D eigenvalue weighted by atomic mass is 10.2. The van der Waals surface area contributed by atoms with Gasteiger partial charge in [-0.2, -0.15) is 22.5 Å². The van der Waals surface area contributed by atoms with Crippen LogP contribution in [0.1, 0.15) is 18.2 Å². The molecule has 1 saturated heterocycles. The number of hydrogen-bond donors (Lipinski definition) is 2. The van der Waals surface area contributed by atoms with Gasteiger partial charge in [0.15, 0.2) is 5.82 Å². The molecule has 7 nitrogen and oxygen atoms in total. The van der Waals surface area contributed by atoms with Crippen molar-refractivity contribution in [1.82, 2.24) is 9.97 Å². The fraction of sp³-hybridized carbons (Fsp3) is 0.333. The van der Waals surface area contributed by atoms with Crippen LogP contribution in [0.2, 0.25) is 0 Å². The number of alkyl halides is 3. The lowest BCUT2D eigenvalue weighted by Crippen LogP contribution is -2.44. The number of aromatic nitrogens is 2. The zero-order valence-electron chi connectivity index (χ0n) is 19.3. The largest absolute Gasteiger partial charge is 0.418 e. The van der Waals surface area contributed by atoms with E-state index in [1.54, 1.807) is 30.3 Å². The number of halogens is 3. The van der Waals surface area contributed by atoms with E-state index in [4.69, 9.17) is 10.5 Å². The summed E-state index contributed by atoms with van der Waals surface area (Å²) in [4.78, 5) is 10.5. The van der Waals surface area contributed by atoms with Crippen molar-refractivity contribution < 1.29 is 26.7 Å². The van der Waals surface area contributed by atoms with E-state index in [0.717, 1.165) is 18.4 Å². The first-order valence-electron chi connectivity index (χ1n) is 10.9. The monoisotopic (exact) mass is 508 g/mol. The van der Waals surface area contributed by atoms with Crippen molar-refractivity contribution in [3.63, 3.8) is 0 Å². The fourth-order valence-electron chi connectivity index (χ4n) is 4.12. The zero-order valence-corrected chi connectivity index (χ0v) is 20.1. The van der Waals surface area contributed by atoms with Gasteiger partial charge in [0, 0.05) is 30.1 Å². The Morgan fingerprint density at radius 2 is 1.86 bits per heavy atom. The minimum absolute atomic E-state index is 0.0204. The average molecular weight is 509 g/mol. The first-order chi connectivity index (χ1) is 16.3. The van der Waals surface area contributed by atoms with Crippen LogP contribution in [0.15, 0.2) is 59.5 Å². The van der Waals surface area contributed by atoms with E-state index in [-0.39, 0.29) is 17.6 Å². The smallest absolute Gasteiger partial charge is 0.399 e. The fourth-order valence-corrected chi connectivity index (χ4v) is 6.29. The molecule has 3 aromatic rings. The van der Waals surface area contributed by atoms with Gasteiger partial charge < -0.3 is 15.4 Å². The molecule has 1 fully saturated rings. The first-order valence-corrected chi connectivity index (χ1v) is 13.4. The quantitative estimate of drug-likeness (QED) is 0.491. The number of nitrogen functional groups attached to an aromatic ring is 1. The van der Waals surface area contributed by atoms with E-state index < -0.39 is 31.7 Å². The van der Waals surface area contributed by atoms with Gasteiger partial charge in [0.05, 0.1) is 41.2 Å². The number of ether oxygens (including phenoxy) is 1. The molecule has 0 amide bonds. The molecule has 1 aromatic heterocycles. The molecule has 0 spiro atoms. The standard InChI is InChI=1S/C24H27F3N4O3S/c1-16-14-34-12-11-31(16)22-13-19(29-23(30-22)17-7-9-18(28)10-8-17)15-35(2,32,33)21-6-4-3-5-20(21)24(25,26)27/h3-10,13,16H,11-12,14-15,28H2,1-2H3,(H,32,33)/t16-/m0/s1. The summed E-state index contributed by atoms with van der Waals surface area (Å²) < 4.78 is 71.6. The Morgan fingerprint density at radius 3 is 2.51 bits per heavy atom. The molecule has 1 atom stereocenters. The number of hydrogen-bond acceptors (Lipinski definition) is 6. The van der Waals surface area contributed by atoms with E-state index in [2.05, 4.69) is 9.97 Å². The maximum atomic E-state index is 13.8. The summed E-state index contributed by atoms with van der Waals surface area (Å²) >= 11 is 0. The Bertz CT molecular complexity index is 1290. The maximum absolute atomic E-state index is 13.8. The lowest BCUT2D eigenvalue weighted by molar-refractivity contribution is -0.140. The van der Waals surface area contributed by atoms with Gasteiger partial charge in [-0.05, 0) is 43.3 Å². The van der Waals surface area contributed by atoms with Crippen LogP contribution < -0.4 is 10.6 Å². The van der Waals surface area contributed by atoms with E-state index >= 15 is 0 Å². The SMILES string of the molecule is C[C@H]1COCCN1c1cc(CS(C)(=O)(O)c2ccccc2C(F)(F)F)nc(-c2ccc(N)cc2)n1. The molecule has 0 radical (unpaired) electrons. The molecule has 1 aliphatic rings. The minimum atomic E-state index is -5.01. The van der Waals surface area contributed by atoms with E-state index in [1.807, 2.05) is 11.8 Å². The predicted molar refractivity (Wildman–Crippen MR) is 130 cm³/mol. The third-order valence-corrected chi connectivity index (χ3v) is 8.30. The Hall–Kier alpha value is -3.02. The van der Waals surface area contributed by atoms with Crippen LogP contribution in [0.5, 0.6) is 0 Å². The second-order valence-electron chi connectivity index (χ2n) is 8.90.